The van der Waals surface area contributed by atoms with Gasteiger partial charge in [-0.25, -0.2) is 4.39 Å². The molecule has 1 atom stereocenters. The standard InChI is InChI=1S/C12H15ClFN/c1-8-4-5-9(13)10(11(8)14)12(2)6-3-7-15-12/h4-5,15H,3,6-7H2,1-2H3. The lowest BCUT2D eigenvalue weighted by atomic mass is 9.89. The molecule has 1 N–H and O–H groups in total. The fourth-order valence-electron chi connectivity index (χ4n) is 2.27. The van der Waals surface area contributed by atoms with Crippen LogP contribution in [0.2, 0.25) is 5.02 Å². The summed E-state index contributed by atoms with van der Waals surface area (Å²) in [5, 5.41) is 3.86. The van der Waals surface area contributed by atoms with Gasteiger partial charge in [-0.2, -0.15) is 0 Å². The van der Waals surface area contributed by atoms with Crippen LogP contribution in [0.25, 0.3) is 0 Å². The first-order chi connectivity index (χ1) is 7.04. The van der Waals surface area contributed by atoms with E-state index < -0.39 is 0 Å². The Bertz CT molecular complexity index is 383. The Labute approximate surface area is 94.6 Å². The lowest BCUT2D eigenvalue weighted by Crippen LogP contribution is -2.34. The van der Waals surface area contributed by atoms with Crippen molar-refractivity contribution >= 4 is 11.6 Å². The number of rotatable bonds is 1. The topological polar surface area (TPSA) is 12.0 Å². The van der Waals surface area contributed by atoms with Gasteiger partial charge in [0.05, 0.1) is 0 Å². The van der Waals surface area contributed by atoms with Crippen molar-refractivity contribution in [2.45, 2.75) is 32.2 Å². The van der Waals surface area contributed by atoms with E-state index in [4.69, 9.17) is 11.6 Å². The van der Waals surface area contributed by atoms with Gasteiger partial charge in [0.2, 0.25) is 0 Å². The van der Waals surface area contributed by atoms with Crippen molar-refractivity contribution < 1.29 is 4.39 Å². The van der Waals surface area contributed by atoms with E-state index in [0.29, 0.717) is 16.1 Å². The van der Waals surface area contributed by atoms with Crippen LogP contribution >= 0.6 is 11.6 Å². The predicted octanol–water partition coefficient (Wildman–Crippen LogP) is 3.39. The van der Waals surface area contributed by atoms with Crippen molar-refractivity contribution in [1.29, 1.82) is 0 Å². The molecule has 0 aliphatic carbocycles. The minimum absolute atomic E-state index is 0.167. The first kappa shape index (κ1) is 10.9. The maximum Gasteiger partial charge on any atom is 0.132 e. The van der Waals surface area contributed by atoms with Gasteiger partial charge in [-0.15, -0.1) is 0 Å². The van der Waals surface area contributed by atoms with Crippen molar-refractivity contribution in [3.8, 4) is 0 Å². The van der Waals surface area contributed by atoms with Gasteiger partial charge in [-0.05, 0) is 44.9 Å². The first-order valence-electron chi connectivity index (χ1n) is 5.25. The molecule has 15 heavy (non-hydrogen) atoms. The lowest BCUT2D eigenvalue weighted by molar-refractivity contribution is 0.409. The van der Waals surface area contributed by atoms with Gasteiger partial charge in [-0.1, -0.05) is 17.7 Å². The predicted molar refractivity (Wildman–Crippen MR) is 60.7 cm³/mol. The summed E-state index contributed by atoms with van der Waals surface area (Å²) in [5.74, 6) is -0.167. The third kappa shape index (κ3) is 1.77. The smallest absolute Gasteiger partial charge is 0.132 e. The quantitative estimate of drug-likeness (QED) is 0.776. The second-order valence-electron chi connectivity index (χ2n) is 4.42. The van der Waals surface area contributed by atoms with Gasteiger partial charge in [0.25, 0.3) is 0 Å². The molecule has 1 heterocycles. The molecule has 1 nitrogen and oxygen atoms in total. The summed E-state index contributed by atoms with van der Waals surface area (Å²) in [5.41, 5.74) is 0.985. The zero-order valence-electron chi connectivity index (χ0n) is 9.03. The molecule has 1 aromatic carbocycles. The van der Waals surface area contributed by atoms with E-state index in [1.807, 2.05) is 6.92 Å². The van der Waals surface area contributed by atoms with E-state index in [-0.39, 0.29) is 11.4 Å². The van der Waals surface area contributed by atoms with Crippen LogP contribution in [0.5, 0.6) is 0 Å². The lowest BCUT2D eigenvalue weighted by Gasteiger charge is -2.27. The fourth-order valence-corrected chi connectivity index (χ4v) is 2.62. The molecule has 0 bridgehead atoms. The Hall–Kier alpha value is -0.600. The van der Waals surface area contributed by atoms with Gasteiger partial charge in [0.15, 0.2) is 0 Å². The Morgan fingerprint density at radius 2 is 2.20 bits per heavy atom. The minimum atomic E-state index is -0.298. The molecule has 0 amide bonds. The maximum atomic E-state index is 14.0. The number of hydrogen-bond acceptors (Lipinski definition) is 1. The molecule has 82 valence electrons. The zero-order chi connectivity index (χ0) is 11.1. The van der Waals surface area contributed by atoms with Gasteiger partial charge in [-0.3, -0.25) is 0 Å². The van der Waals surface area contributed by atoms with Crippen LogP contribution in [0.3, 0.4) is 0 Å². The monoisotopic (exact) mass is 227 g/mol. The van der Waals surface area contributed by atoms with Crippen molar-refractivity contribution in [3.63, 3.8) is 0 Å². The average Bonchev–Trinajstić information content (AvgIpc) is 2.60. The van der Waals surface area contributed by atoms with E-state index in [9.17, 15) is 4.39 Å². The van der Waals surface area contributed by atoms with E-state index in [1.54, 1.807) is 19.1 Å². The van der Waals surface area contributed by atoms with E-state index >= 15 is 0 Å². The van der Waals surface area contributed by atoms with Gasteiger partial charge >= 0.3 is 0 Å². The van der Waals surface area contributed by atoms with Gasteiger partial charge in [0.1, 0.15) is 5.82 Å². The molecule has 1 aliphatic rings. The van der Waals surface area contributed by atoms with E-state index in [2.05, 4.69) is 5.32 Å². The molecule has 1 aliphatic heterocycles. The largest absolute Gasteiger partial charge is 0.307 e. The normalized spacial score (nSPS) is 25.9. The van der Waals surface area contributed by atoms with Crippen LogP contribution in [-0.2, 0) is 5.54 Å². The summed E-state index contributed by atoms with van der Waals surface area (Å²) in [6.07, 6.45) is 2.01. The van der Waals surface area contributed by atoms with Crippen LogP contribution in [0, 0.1) is 12.7 Å². The van der Waals surface area contributed by atoms with Crippen molar-refractivity contribution in [2.24, 2.45) is 0 Å². The third-order valence-corrected chi connectivity index (χ3v) is 3.52. The molecule has 0 saturated carbocycles. The zero-order valence-corrected chi connectivity index (χ0v) is 9.79. The summed E-state index contributed by atoms with van der Waals surface area (Å²) in [7, 11) is 0. The Kier molecular flexibility index (Phi) is 2.73. The van der Waals surface area contributed by atoms with Crippen molar-refractivity contribution in [2.75, 3.05) is 6.54 Å². The summed E-state index contributed by atoms with van der Waals surface area (Å²) in [4.78, 5) is 0. The number of benzene rings is 1. The fraction of sp³-hybridized carbons (Fsp3) is 0.500. The second-order valence-corrected chi connectivity index (χ2v) is 4.82. The molecule has 1 fully saturated rings. The van der Waals surface area contributed by atoms with Crippen LogP contribution in [0.1, 0.15) is 30.9 Å². The molecule has 0 spiro atoms. The van der Waals surface area contributed by atoms with Crippen LogP contribution in [-0.4, -0.2) is 6.54 Å². The molecule has 0 aromatic heterocycles. The molecule has 2 rings (SSSR count). The SMILES string of the molecule is Cc1ccc(Cl)c(C2(C)CCCN2)c1F. The molecule has 0 radical (unpaired) electrons. The Morgan fingerprint density at radius 1 is 1.47 bits per heavy atom. The first-order valence-corrected chi connectivity index (χ1v) is 5.62. The van der Waals surface area contributed by atoms with Crippen LogP contribution in [0.4, 0.5) is 4.39 Å². The van der Waals surface area contributed by atoms with E-state index in [0.717, 1.165) is 19.4 Å². The molecule has 1 saturated heterocycles. The summed E-state index contributed by atoms with van der Waals surface area (Å²) < 4.78 is 14.0. The molecule has 1 aromatic rings. The molecular formula is C12H15ClFN. The van der Waals surface area contributed by atoms with Crippen molar-refractivity contribution in [3.05, 3.63) is 34.1 Å². The Balaban J connectivity index is 2.55. The van der Waals surface area contributed by atoms with Gasteiger partial charge < -0.3 is 5.32 Å². The van der Waals surface area contributed by atoms with Crippen LogP contribution in [0.15, 0.2) is 12.1 Å². The third-order valence-electron chi connectivity index (χ3n) is 3.20. The highest BCUT2D eigenvalue weighted by atomic mass is 35.5. The molecule has 1 unspecified atom stereocenters. The number of aryl methyl sites for hydroxylation is 1. The minimum Gasteiger partial charge on any atom is -0.307 e. The number of nitrogens with one attached hydrogen (secondary N) is 1. The highest BCUT2D eigenvalue weighted by molar-refractivity contribution is 6.31. The average molecular weight is 228 g/mol. The maximum absolute atomic E-state index is 14.0. The molecular weight excluding hydrogens is 213 g/mol. The highest BCUT2D eigenvalue weighted by Crippen LogP contribution is 2.37. The van der Waals surface area contributed by atoms with Gasteiger partial charge in [0, 0.05) is 16.1 Å². The summed E-state index contributed by atoms with van der Waals surface area (Å²) in [6, 6.07) is 3.50. The second kappa shape index (κ2) is 3.76. The number of halogens is 2. The van der Waals surface area contributed by atoms with E-state index in [1.165, 1.54) is 0 Å². The molecule has 3 heteroatoms. The summed E-state index contributed by atoms with van der Waals surface area (Å²) >= 11 is 6.09. The summed E-state index contributed by atoms with van der Waals surface area (Å²) in [6.45, 7) is 4.72. The van der Waals surface area contributed by atoms with Crippen molar-refractivity contribution in [1.82, 2.24) is 5.32 Å². The van der Waals surface area contributed by atoms with Crippen LogP contribution < -0.4 is 5.32 Å². The Morgan fingerprint density at radius 3 is 2.80 bits per heavy atom. The highest BCUT2D eigenvalue weighted by Gasteiger charge is 2.34. The number of hydrogen-bond donors (Lipinski definition) is 1.